The highest BCUT2D eigenvalue weighted by Crippen LogP contribution is 2.08. The van der Waals surface area contributed by atoms with Crippen LogP contribution in [0.4, 0.5) is 4.79 Å². The molecule has 0 atom stereocenters. The summed E-state index contributed by atoms with van der Waals surface area (Å²) in [6.07, 6.45) is 20.7. The Morgan fingerprint density at radius 3 is 1.54 bits per heavy atom. The Hall–Kier alpha value is -0.730. The number of urea groups is 1. The Bertz CT molecular complexity index is 232. The minimum Gasteiger partial charge on any atom is -0.337 e. The van der Waals surface area contributed by atoms with Crippen LogP contribution in [0.3, 0.4) is 0 Å². The van der Waals surface area contributed by atoms with Crippen LogP contribution in [-0.2, 0) is 0 Å². The number of rotatable bonds is 18. The van der Waals surface area contributed by atoms with Crippen LogP contribution in [0.2, 0.25) is 0 Å². The second-order valence-corrected chi connectivity index (χ2v) is 7.06. The average Bonchev–Trinajstić information content (AvgIpc) is 2.59. The second kappa shape index (κ2) is 20.3. The third kappa shape index (κ3) is 19.3. The Morgan fingerprint density at radius 2 is 1.04 bits per heavy atom. The summed E-state index contributed by atoms with van der Waals surface area (Å²) in [5, 5.41) is 7.00. The van der Waals surface area contributed by atoms with E-state index < -0.39 is 0 Å². The van der Waals surface area contributed by atoms with Crippen LogP contribution in [0.25, 0.3) is 0 Å². The molecule has 24 heavy (non-hydrogen) atoms. The number of carbonyl (C=O) groups excluding carboxylic acids is 1. The fourth-order valence-electron chi connectivity index (χ4n) is 2.94. The minimum atomic E-state index is -0.110. The zero-order valence-corrected chi connectivity index (χ0v) is 16.6. The summed E-state index contributed by atoms with van der Waals surface area (Å²) < 4.78 is 0. The van der Waals surface area contributed by atoms with Crippen molar-refractivity contribution < 1.29 is 4.79 Å². The molecule has 0 aromatic rings. The van der Waals surface area contributed by atoms with Gasteiger partial charge in [-0.25, -0.2) is 10.1 Å². The maximum atomic E-state index is 11.6. The molecule has 0 spiro atoms. The van der Waals surface area contributed by atoms with E-state index >= 15 is 0 Å². The fourth-order valence-corrected chi connectivity index (χ4v) is 2.94. The molecule has 0 rings (SSSR count). The summed E-state index contributed by atoms with van der Waals surface area (Å²) in [5.74, 6) is 0. The van der Waals surface area contributed by atoms with Gasteiger partial charge in [0.15, 0.2) is 0 Å². The van der Waals surface area contributed by atoms with Gasteiger partial charge >= 0.3 is 6.03 Å². The normalized spacial score (nSPS) is 10.8. The summed E-state index contributed by atoms with van der Waals surface area (Å²) in [5.41, 5.74) is 0. The molecule has 0 unspecified atom stereocenters. The van der Waals surface area contributed by atoms with Crippen molar-refractivity contribution >= 4 is 6.03 Å². The first kappa shape index (κ1) is 23.3. The number of amides is 2. The van der Waals surface area contributed by atoms with E-state index in [0.717, 1.165) is 19.4 Å². The molecular weight excluding hydrogens is 296 g/mol. The van der Waals surface area contributed by atoms with E-state index in [1.165, 1.54) is 89.9 Å². The van der Waals surface area contributed by atoms with Crippen molar-refractivity contribution in [3.05, 3.63) is 0 Å². The van der Waals surface area contributed by atoms with Crippen molar-refractivity contribution in [2.75, 3.05) is 13.1 Å². The second-order valence-electron chi connectivity index (χ2n) is 7.06. The summed E-state index contributed by atoms with van der Waals surface area (Å²) in [6, 6.07) is -0.110. The zero-order chi connectivity index (χ0) is 17.7. The third-order valence-corrected chi connectivity index (χ3v) is 4.57. The molecule has 0 aliphatic rings. The highest BCUT2D eigenvalue weighted by molar-refractivity contribution is 5.73. The zero-order valence-electron chi connectivity index (χ0n) is 16.6. The lowest BCUT2D eigenvalue weighted by Gasteiger charge is -2.06. The first-order valence-electron chi connectivity index (χ1n) is 10.8. The maximum absolute atomic E-state index is 11.6. The fraction of sp³-hybridized carbons (Fsp3) is 0.952. The van der Waals surface area contributed by atoms with Crippen molar-refractivity contribution in [2.45, 2.75) is 117 Å². The molecule has 0 saturated carbocycles. The Balaban J connectivity index is 3.13. The predicted octanol–water partition coefficient (Wildman–Crippen LogP) is 6.58. The van der Waals surface area contributed by atoms with Gasteiger partial charge in [0.2, 0.25) is 0 Å². The molecular formula is C21H43N2O. The van der Waals surface area contributed by atoms with Gasteiger partial charge in [-0.05, 0) is 12.8 Å². The van der Waals surface area contributed by atoms with Gasteiger partial charge in [0.05, 0.1) is 0 Å². The number of nitrogens with one attached hydrogen (secondary N) is 1. The summed E-state index contributed by atoms with van der Waals surface area (Å²) in [7, 11) is 0. The molecule has 0 bridgehead atoms. The van der Waals surface area contributed by atoms with Crippen molar-refractivity contribution in [2.24, 2.45) is 0 Å². The highest BCUT2D eigenvalue weighted by Gasteiger charge is 2.00. The van der Waals surface area contributed by atoms with Gasteiger partial charge in [0.1, 0.15) is 0 Å². The Labute approximate surface area is 151 Å². The molecule has 0 aliphatic heterocycles. The summed E-state index contributed by atoms with van der Waals surface area (Å²) in [4.78, 5) is 11.6. The minimum absolute atomic E-state index is 0.110. The number of hydrogen-bond acceptors (Lipinski definition) is 1. The molecule has 1 N–H and O–H groups in total. The van der Waals surface area contributed by atoms with Crippen LogP contribution in [0.5, 0.6) is 0 Å². The van der Waals surface area contributed by atoms with Crippen molar-refractivity contribution in [1.29, 1.82) is 0 Å². The van der Waals surface area contributed by atoms with Gasteiger partial charge < -0.3 is 5.32 Å². The van der Waals surface area contributed by atoms with Crippen molar-refractivity contribution in [1.82, 2.24) is 10.6 Å². The third-order valence-electron chi connectivity index (χ3n) is 4.57. The summed E-state index contributed by atoms with van der Waals surface area (Å²) >= 11 is 0. The van der Waals surface area contributed by atoms with E-state index in [2.05, 4.69) is 24.5 Å². The highest BCUT2D eigenvalue weighted by atomic mass is 16.2. The van der Waals surface area contributed by atoms with Gasteiger partial charge in [-0.1, -0.05) is 104 Å². The number of hydrogen-bond donors (Lipinski definition) is 1. The quantitative estimate of drug-likeness (QED) is 0.281. The first-order chi connectivity index (χ1) is 11.8. The van der Waals surface area contributed by atoms with Gasteiger partial charge in [-0.3, -0.25) is 0 Å². The van der Waals surface area contributed by atoms with Gasteiger partial charge in [-0.2, -0.15) is 0 Å². The predicted molar refractivity (Wildman–Crippen MR) is 106 cm³/mol. The molecule has 3 nitrogen and oxygen atoms in total. The average molecular weight is 340 g/mol. The smallest absolute Gasteiger partial charge is 0.336 e. The number of unbranched alkanes of at least 4 members (excludes halogenated alkanes) is 14. The van der Waals surface area contributed by atoms with Crippen LogP contribution >= 0.6 is 0 Å². The van der Waals surface area contributed by atoms with Crippen LogP contribution in [0.1, 0.15) is 117 Å². The molecule has 0 aliphatic carbocycles. The molecule has 0 aromatic carbocycles. The van der Waals surface area contributed by atoms with E-state index in [0.29, 0.717) is 6.54 Å². The van der Waals surface area contributed by atoms with Crippen LogP contribution in [0.15, 0.2) is 0 Å². The standard InChI is InChI=1S/C21H43N2O/c1-3-5-7-9-11-13-15-17-19-22-21(24)23-20-18-16-14-12-10-8-6-4-2/h3-20H2,1-2H3,(H,22,24). The molecule has 1 radical (unpaired) electrons. The van der Waals surface area contributed by atoms with E-state index in [9.17, 15) is 4.79 Å². The number of nitrogens with zero attached hydrogens (tertiary/aromatic N) is 1. The molecule has 0 aromatic heterocycles. The first-order valence-corrected chi connectivity index (χ1v) is 10.8. The van der Waals surface area contributed by atoms with E-state index in [-0.39, 0.29) is 6.03 Å². The van der Waals surface area contributed by atoms with Crippen molar-refractivity contribution in [3.8, 4) is 0 Å². The van der Waals surface area contributed by atoms with Crippen LogP contribution in [0, 0.1) is 0 Å². The van der Waals surface area contributed by atoms with E-state index in [1.807, 2.05) is 0 Å². The molecule has 0 fully saturated rings. The molecule has 0 saturated heterocycles. The lowest BCUT2D eigenvalue weighted by Crippen LogP contribution is -2.31. The largest absolute Gasteiger partial charge is 0.337 e. The molecule has 2 amide bonds. The lowest BCUT2D eigenvalue weighted by molar-refractivity contribution is 0.239. The van der Waals surface area contributed by atoms with E-state index in [1.54, 1.807) is 0 Å². The van der Waals surface area contributed by atoms with E-state index in [4.69, 9.17) is 0 Å². The Kier molecular flexibility index (Phi) is 19.7. The van der Waals surface area contributed by atoms with Crippen LogP contribution in [-0.4, -0.2) is 19.1 Å². The van der Waals surface area contributed by atoms with Crippen molar-refractivity contribution in [3.63, 3.8) is 0 Å². The topological polar surface area (TPSA) is 43.2 Å². The SMILES string of the molecule is CCCCCCCCCC[N]C(=O)NCCCCCCCCCC. The van der Waals surface area contributed by atoms with Gasteiger partial charge in [0.25, 0.3) is 0 Å². The van der Waals surface area contributed by atoms with Crippen LogP contribution < -0.4 is 10.6 Å². The lowest BCUT2D eigenvalue weighted by atomic mass is 10.1. The molecule has 143 valence electrons. The molecule has 0 heterocycles. The number of carbonyl (C=O) groups is 1. The monoisotopic (exact) mass is 339 g/mol. The van der Waals surface area contributed by atoms with Gasteiger partial charge in [-0.15, -0.1) is 0 Å². The maximum Gasteiger partial charge on any atom is 0.336 e. The van der Waals surface area contributed by atoms with Gasteiger partial charge in [0, 0.05) is 13.1 Å². The molecule has 3 heteroatoms. The Morgan fingerprint density at radius 1 is 0.625 bits per heavy atom. The summed E-state index contributed by atoms with van der Waals surface area (Å²) in [6.45, 7) is 5.98.